The van der Waals surface area contributed by atoms with Crippen molar-refractivity contribution in [2.75, 3.05) is 46.9 Å². The van der Waals surface area contributed by atoms with Gasteiger partial charge in [-0.2, -0.15) is 0 Å². The first-order valence-corrected chi connectivity index (χ1v) is 10.5. The molecule has 0 amide bonds. The van der Waals surface area contributed by atoms with Crippen LogP contribution in [0.25, 0.3) is 17.0 Å². The first-order valence-electron chi connectivity index (χ1n) is 10.5. The first-order chi connectivity index (χ1) is 15.2. The van der Waals surface area contributed by atoms with Crippen LogP contribution in [0.3, 0.4) is 0 Å². The second kappa shape index (κ2) is 9.81. The Morgan fingerprint density at radius 2 is 1.71 bits per heavy atom. The second-order valence-electron chi connectivity index (χ2n) is 7.67. The van der Waals surface area contributed by atoms with Crippen LogP contribution in [0.5, 0.6) is 11.5 Å². The van der Waals surface area contributed by atoms with Gasteiger partial charge in [0.15, 0.2) is 5.43 Å². The minimum absolute atomic E-state index is 0.0968. The number of nitrogens with zero attached hydrogens (tertiary/aromatic N) is 2. The molecule has 0 N–H and O–H groups in total. The van der Waals surface area contributed by atoms with Crippen molar-refractivity contribution >= 4 is 17.0 Å². The maximum atomic E-state index is 12.7. The molecule has 6 heteroatoms. The summed E-state index contributed by atoms with van der Waals surface area (Å²) in [6.07, 6.45) is 4.38. The highest BCUT2D eigenvalue weighted by Gasteiger charge is 2.18. The lowest BCUT2D eigenvalue weighted by Gasteiger charge is -2.33. The Morgan fingerprint density at radius 3 is 2.42 bits per heavy atom. The molecule has 0 radical (unpaired) electrons. The summed E-state index contributed by atoms with van der Waals surface area (Å²) in [7, 11) is 3.12. The highest BCUT2D eigenvalue weighted by Crippen LogP contribution is 2.29. The Hall–Kier alpha value is -3.09. The monoisotopic (exact) mass is 420 g/mol. The van der Waals surface area contributed by atoms with Gasteiger partial charge in [0.05, 0.1) is 20.8 Å². The summed E-state index contributed by atoms with van der Waals surface area (Å²) in [5.74, 6) is 1.72. The molecule has 0 spiro atoms. The van der Waals surface area contributed by atoms with Gasteiger partial charge < -0.3 is 13.9 Å². The number of methoxy groups -OCH3 is 2. The van der Waals surface area contributed by atoms with Crippen molar-refractivity contribution < 1.29 is 13.9 Å². The maximum Gasteiger partial charge on any atom is 0.196 e. The van der Waals surface area contributed by atoms with Crippen molar-refractivity contribution in [2.45, 2.75) is 6.54 Å². The molecule has 2 aromatic carbocycles. The van der Waals surface area contributed by atoms with Gasteiger partial charge in [0.25, 0.3) is 0 Å². The standard InChI is InChI=1S/C25H28N2O4/c1-29-20-16-23(30-2)25-22(28)15-21(31-24(25)17-20)18-27-13-11-26(12-14-27)10-6-9-19-7-4-3-5-8-19/h3-9,15-17H,10-14,18H2,1-2H3/b9-6+. The summed E-state index contributed by atoms with van der Waals surface area (Å²) in [4.78, 5) is 17.4. The molecular formula is C25H28N2O4. The fraction of sp³-hybridized carbons (Fsp3) is 0.320. The van der Waals surface area contributed by atoms with E-state index in [1.165, 1.54) is 12.7 Å². The summed E-state index contributed by atoms with van der Waals surface area (Å²) in [6, 6.07) is 15.4. The van der Waals surface area contributed by atoms with E-state index in [0.717, 1.165) is 32.7 Å². The zero-order valence-electron chi connectivity index (χ0n) is 18.0. The van der Waals surface area contributed by atoms with E-state index in [2.05, 4.69) is 46.2 Å². The van der Waals surface area contributed by atoms with Crippen molar-refractivity contribution in [1.29, 1.82) is 0 Å². The van der Waals surface area contributed by atoms with Crippen molar-refractivity contribution in [2.24, 2.45) is 0 Å². The highest BCUT2D eigenvalue weighted by molar-refractivity contribution is 5.85. The molecule has 0 aliphatic carbocycles. The Balaban J connectivity index is 1.38. The highest BCUT2D eigenvalue weighted by atomic mass is 16.5. The SMILES string of the molecule is COc1cc(OC)c2c(=O)cc(CN3CCN(C/C=C/c4ccccc4)CC3)oc2c1. The molecule has 1 fully saturated rings. The molecule has 1 aliphatic heterocycles. The first kappa shape index (κ1) is 21.2. The summed E-state index contributed by atoms with van der Waals surface area (Å²) in [5, 5.41) is 0.446. The lowest BCUT2D eigenvalue weighted by molar-refractivity contribution is 0.130. The molecule has 1 aliphatic rings. The third-order valence-corrected chi connectivity index (χ3v) is 5.59. The van der Waals surface area contributed by atoms with Gasteiger partial charge in [0, 0.05) is 50.9 Å². The Morgan fingerprint density at radius 1 is 0.968 bits per heavy atom. The smallest absolute Gasteiger partial charge is 0.196 e. The number of hydrogen-bond acceptors (Lipinski definition) is 6. The molecule has 0 saturated carbocycles. The van der Waals surface area contributed by atoms with Crippen LogP contribution >= 0.6 is 0 Å². The van der Waals surface area contributed by atoms with Gasteiger partial charge in [0.2, 0.25) is 0 Å². The molecule has 0 bridgehead atoms. The Bertz CT molecular complexity index is 1100. The number of rotatable bonds is 7. The number of ether oxygens (including phenoxy) is 2. The van der Waals surface area contributed by atoms with Gasteiger partial charge in [-0.15, -0.1) is 0 Å². The predicted molar refractivity (Wildman–Crippen MR) is 123 cm³/mol. The van der Waals surface area contributed by atoms with Gasteiger partial charge in [-0.1, -0.05) is 42.5 Å². The lowest BCUT2D eigenvalue weighted by atomic mass is 10.2. The van der Waals surface area contributed by atoms with Crippen LogP contribution in [0, 0.1) is 0 Å². The van der Waals surface area contributed by atoms with E-state index in [9.17, 15) is 4.79 Å². The molecular weight excluding hydrogens is 392 g/mol. The normalized spacial score (nSPS) is 15.5. The van der Waals surface area contributed by atoms with Gasteiger partial charge in [-0.25, -0.2) is 0 Å². The second-order valence-corrected chi connectivity index (χ2v) is 7.67. The molecule has 1 aromatic heterocycles. The molecule has 0 atom stereocenters. The topological polar surface area (TPSA) is 55.2 Å². The fourth-order valence-corrected chi connectivity index (χ4v) is 3.89. The van der Waals surface area contributed by atoms with E-state index in [1.807, 2.05) is 6.07 Å². The zero-order valence-corrected chi connectivity index (χ0v) is 18.0. The van der Waals surface area contributed by atoms with Crippen LogP contribution in [0.15, 0.2) is 63.8 Å². The maximum absolute atomic E-state index is 12.7. The van der Waals surface area contributed by atoms with Crippen molar-refractivity contribution in [3.8, 4) is 11.5 Å². The summed E-state index contributed by atoms with van der Waals surface area (Å²) < 4.78 is 16.7. The van der Waals surface area contributed by atoms with E-state index in [4.69, 9.17) is 13.9 Å². The Labute approximate surface area is 182 Å². The van der Waals surface area contributed by atoms with Crippen LogP contribution < -0.4 is 14.9 Å². The predicted octanol–water partition coefficient (Wildman–Crippen LogP) is 3.64. The van der Waals surface area contributed by atoms with Crippen molar-refractivity contribution in [3.05, 3.63) is 76.2 Å². The quantitative estimate of drug-likeness (QED) is 0.582. The van der Waals surface area contributed by atoms with Gasteiger partial charge in [-0.3, -0.25) is 14.6 Å². The van der Waals surface area contributed by atoms with Gasteiger partial charge in [-0.05, 0) is 5.56 Å². The fourth-order valence-electron chi connectivity index (χ4n) is 3.89. The van der Waals surface area contributed by atoms with Crippen LogP contribution in [-0.4, -0.2) is 56.7 Å². The number of piperazine rings is 1. The Kier molecular flexibility index (Phi) is 6.70. The zero-order chi connectivity index (χ0) is 21.6. The molecule has 1 saturated heterocycles. The van der Waals surface area contributed by atoms with Crippen molar-refractivity contribution in [3.63, 3.8) is 0 Å². The number of benzene rings is 2. The molecule has 6 nitrogen and oxygen atoms in total. The summed E-state index contributed by atoms with van der Waals surface area (Å²) in [6.45, 7) is 5.38. The van der Waals surface area contributed by atoms with Crippen LogP contribution in [-0.2, 0) is 6.54 Å². The third kappa shape index (κ3) is 5.16. The molecule has 2 heterocycles. The van der Waals surface area contributed by atoms with E-state index in [1.54, 1.807) is 25.3 Å². The summed E-state index contributed by atoms with van der Waals surface area (Å²) >= 11 is 0. The molecule has 162 valence electrons. The lowest BCUT2D eigenvalue weighted by Crippen LogP contribution is -2.45. The minimum atomic E-state index is -0.0968. The number of hydrogen-bond donors (Lipinski definition) is 0. The van der Waals surface area contributed by atoms with E-state index >= 15 is 0 Å². The molecule has 0 unspecified atom stereocenters. The van der Waals surface area contributed by atoms with Gasteiger partial charge >= 0.3 is 0 Å². The van der Waals surface area contributed by atoms with E-state index in [-0.39, 0.29) is 5.43 Å². The number of fused-ring (bicyclic) bond motifs is 1. The average Bonchev–Trinajstić information content (AvgIpc) is 2.80. The minimum Gasteiger partial charge on any atom is -0.496 e. The van der Waals surface area contributed by atoms with E-state index in [0.29, 0.717) is 34.8 Å². The largest absolute Gasteiger partial charge is 0.496 e. The molecule has 31 heavy (non-hydrogen) atoms. The third-order valence-electron chi connectivity index (χ3n) is 5.59. The van der Waals surface area contributed by atoms with E-state index < -0.39 is 0 Å². The summed E-state index contributed by atoms with van der Waals surface area (Å²) in [5.41, 5.74) is 1.62. The van der Waals surface area contributed by atoms with Crippen LogP contribution in [0.1, 0.15) is 11.3 Å². The van der Waals surface area contributed by atoms with Gasteiger partial charge in [0.1, 0.15) is 28.2 Å². The van der Waals surface area contributed by atoms with Crippen LogP contribution in [0.2, 0.25) is 0 Å². The molecule has 4 rings (SSSR count). The van der Waals surface area contributed by atoms with Crippen LogP contribution in [0.4, 0.5) is 0 Å². The average molecular weight is 421 g/mol. The van der Waals surface area contributed by atoms with Crippen molar-refractivity contribution in [1.82, 2.24) is 9.80 Å². The molecule has 3 aromatic rings.